The minimum absolute atomic E-state index is 0.301. The zero-order valence-electron chi connectivity index (χ0n) is 11.3. The Kier molecular flexibility index (Phi) is 3.39. The summed E-state index contributed by atoms with van der Waals surface area (Å²) < 4.78 is 0. The standard InChI is InChI=1S/C16H14N2O3/c19-15(12-5-3-8-17-10-12)18-9-7-11-4-1-2-6-13(11)14(18)16(20)21/h1-6,8,10,14H,7,9H2,(H,20,21)/t14-/m1/s1. The van der Waals surface area contributed by atoms with Gasteiger partial charge in [0.25, 0.3) is 5.91 Å². The summed E-state index contributed by atoms with van der Waals surface area (Å²) in [6.45, 7) is 0.391. The zero-order chi connectivity index (χ0) is 14.8. The van der Waals surface area contributed by atoms with Gasteiger partial charge in [0, 0.05) is 18.9 Å². The molecule has 0 aliphatic carbocycles. The molecular formula is C16H14N2O3. The molecule has 1 aromatic carbocycles. The minimum Gasteiger partial charge on any atom is -0.479 e. The van der Waals surface area contributed by atoms with Crippen LogP contribution in [0.4, 0.5) is 0 Å². The maximum Gasteiger partial charge on any atom is 0.331 e. The van der Waals surface area contributed by atoms with Crippen LogP contribution in [0.3, 0.4) is 0 Å². The average Bonchev–Trinajstić information content (AvgIpc) is 2.53. The fourth-order valence-electron chi connectivity index (χ4n) is 2.71. The Morgan fingerprint density at radius 2 is 2.00 bits per heavy atom. The number of carbonyl (C=O) groups is 2. The maximum absolute atomic E-state index is 12.5. The fourth-order valence-corrected chi connectivity index (χ4v) is 2.71. The number of hydrogen-bond donors (Lipinski definition) is 1. The van der Waals surface area contributed by atoms with E-state index < -0.39 is 12.0 Å². The van der Waals surface area contributed by atoms with Gasteiger partial charge in [-0.15, -0.1) is 0 Å². The maximum atomic E-state index is 12.5. The topological polar surface area (TPSA) is 70.5 Å². The third-order valence-corrected chi connectivity index (χ3v) is 3.69. The number of carboxylic acid groups (broad SMARTS) is 1. The second kappa shape index (κ2) is 5.36. The number of hydrogen-bond acceptors (Lipinski definition) is 3. The van der Waals surface area contributed by atoms with Gasteiger partial charge in [-0.05, 0) is 29.7 Å². The van der Waals surface area contributed by atoms with Gasteiger partial charge in [0.1, 0.15) is 0 Å². The number of aliphatic carboxylic acids is 1. The highest BCUT2D eigenvalue weighted by Crippen LogP contribution is 2.30. The van der Waals surface area contributed by atoms with E-state index in [9.17, 15) is 14.7 Å². The van der Waals surface area contributed by atoms with Gasteiger partial charge in [0.15, 0.2) is 6.04 Å². The van der Waals surface area contributed by atoms with E-state index in [1.54, 1.807) is 30.5 Å². The summed E-state index contributed by atoms with van der Waals surface area (Å²) in [4.78, 5) is 29.5. The van der Waals surface area contributed by atoms with Crippen LogP contribution in [0.15, 0.2) is 48.8 Å². The van der Waals surface area contributed by atoms with Gasteiger partial charge in [-0.25, -0.2) is 4.79 Å². The van der Waals surface area contributed by atoms with E-state index in [-0.39, 0.29) is 5.91 Å². The van der Waals surface area contributed by atoms with Gasteiger partial charge in [-0.1, -0.05) is 24.3 Å². The molecule has 1 aliphatic rings. The molecule has 1 aromatic heterocycles. The summed E-state index contributed by atoms with van der Waals surface area (Å²) in [5, 5.41) is 9.54. The molecule has 1 aliphatic heterocycles. The SMILES string of the molecule is O=C(O)[C@H]1c2ccccc2CCN1C(=O)c1cccnc1. The van der Waals surface area contributed by atoms with Gasteiger partial charge >= 0.3 is 5.97 Å². The Labute approximate surface area is 121 Å². The minimum atomic E-state index is -1.01. The fraction of sp³-hybridized carbons (Fsp3) is 0.188. The molecule has 5 nitrogen and oxygen atoms in total. The van der Waals surface area contributed by atoms with Crippen LogP contribution in [0.25, 0.3) is 0 Å². The van der Waals surface area contributed by atoms with Crippen molar-refractivity contribution in [2.45, 2.75) is 12.5 Å². The first-order valence-corrected chi connectivity index (χ1v) is 6.70. The van der Waals surface area contributed by atoms with Crippen molar-refractivity contribution in [1.29, 1.82) is 0 Å². The second-order valence-corrected chi connectivity index (χ2v) is 4.93. The lowest BCUT2D eigenvalue weighted by Crippen LogP contribution is -2.43. The van der Waals surface area contributed by atoms with E-state index in [0.717, 1.165) is 5.56 Å². The second-order valence-electron chi connectivity index (χ2n) is 4.93. The highest BCUT2D eigenvalue weighted by molar-refractivity contribution is 5.97. The van der Waals surface area contributed by atoms with Gasteiger partial charge in [0.05, 0.1) is 5.56 Å². The summed E-state index contributed by atoms with van der Waals surface area (Å²) in [6.07, 6.45) is 3.70. The molecule has 1 N–H and O–H groups in total. The molecule has 0 bridgehead atoms. The van der Waals surface area contributed by atoms with Crippen molar-refractivity contribution in [3.63, 3.8) is 0 Å². The molecule has 0 fully saturated rings. The Morgan fingerprint density at radius 3 is 2.71 bits per heavy atom. The third-order valence-electron chi connectivity index (χ3n) is 3.69. The van der Waals surface area contributed by atoms with Crippen LogP contribution in [0.5, 0.6) is 0 Å². The van der Waals surface area contributed by atoms with Gasteiger partial charge < -0.3 is 10.0 Å². The zero-order valence-corrected chi connectivity index (χ0v) is 11.3. The monoisotopic (exact) mass is 282 g/mol. The number of pyridine rings is 1. The molecule has 21 heavy (non-hydrogen) atoms. The lowest BCUT2D eigenvalue weighted by atomic mass is 9.92. The highest BCUT2D eigenvalue weighted by atomic mass is 16.4. The lowest BCUT2D eigenvalue weighted by molar-refractivity contribution is -0.143. The number of carbonyl (C=O) groups excluding carboxylic acids is 1. The molecule has 0 saturated heterocycles. The number of amides is 1. The normalized spacial score (nSPS) is 17.1. The van der Waals surface area contributed by atoms with E-state index >= 15 is 0 Å². The summed E-state index contributed by atoms with van der Waals surface area (Å²) in [5.41, 5.74) is 2.08. The van der Waals surface area contributed by atoms with Crippen LogP contribution >= 0.6 is 0 Å². The quantitative estimate of drug-likeness (QED) is 0.913. The number of benzene rings is 1. The highest BCUT2D eigenvalue weighted by Gasteiger charge is 2.36. The van der Waals surface area contributed by atoms with Crippen molar-refractivity contribution >= 4 is 11.9 Å². The summed E-state index contributed by atoms with van der Waals surface area (Å²) in [7, 11) is 0. The van der Waals surface area contributed by atoms with Crippen molar-refractivity contribution in [2.24, 2.45) is 0 Å². The molecule has 0 spiro atoms. The van der Waals surface area contributed by atoms with Crippen LogP contribution in [-0.4, -0.2) is 33.4 Å². The smallest absolute Gasteiger partial charge is 0.331 e. The first kappa shape index (κ1) is 13.3. The molecule has 2 aromatic rings. The Balaban J connectivity index is 2.00. The van der Waals surface area contributed by atoms with E-state index in [0.29, 0.717) is 24.1 Å². The van der Waals surface area contributed by atoms with Crippen molar-refractivity contribution in [3.8, 4) is 0 Å². The molecule has 106 valence electrons. The number of carboxylic acids is 1. The van der Waals surface area contributed by atoms with E-state index in [1.165, 1.54) is 11.1 Å². The molecule has 2 heterocycles. The summed E-state index contributed by atoms with van der Waals surface area (Å²) in [6, 6.07) is 9.75. The molecule has 0 radical (unpaired) electrons. The molecule has 0 saturated carbocycles. The van der Waals surface area contributed by atoms with Crippen LogP contribution < -0.4 is 0 Å². The molecule has 1 amide bonds. The molecule has 1 atom stereocenters. The Morgan fingerprint density at radius 1 is 1.19 bits per heavy atom. The average molecular weight is 282 g/mol. The van der Waals surface area contributed by atoms with Crippen LogP contribution in [0.2, 0.25) is 0 Å². The molecule has 5 heteroatoms. The molecule has 0 unspecified atom stereocenters. The van der Waals surface area contributed by atoms with Crippen LogP contribution in [-0.2, 0) is 11.2 Å². The predicted octanol–water partition coefficient (Wildman–Crippen LogP) is 1.91. The first-order chi connectivity index (χ1) is 10.2. The lowest BCUT2D eigenvalue weighted by Gasteiger charge is -2.34. The number of rotatable bonds is 2. The predicted molar refractivity (Wildman–Crippen MR) is 75.8 cm³/mol. The van der Waals surface area contributed by atoms with Gasteiger partial charge in [-0.2, -0.15) is 0 Å². The van der Waals surface area contributed by atoms with Crippen molar-refractivity contribution in [2.75, 3.05) is 6.54 Å². The van der Waals surface area contributed by atoms with Crippen molar-refractivity contribution < 1.29 is 14.7 Å². The van der Waals surface area contributed by atoms with Crippen LogP contribution in [0, 0.1) is 0 Å². The first-order valence-electron chi connectivity index (χ1n) is 6.70. The Hall–Kier alpha value is -2.69. The van der Waals surface area contributed by atoms with Crippen molar-refractivity contribution in [3.05, 3.63) is 65.5 Å². The van der Waals surface area contributed by atoms with E-state index in [2.05, 4.69) is 4.98 Å². The number of aromatic nitrogens is 1. The van der Waals surface area contributed by atoms with Gasteiger partial charge in [0.2, 0.25) is 0 Å². The summed E-state index contributed by atoms with van der Waals surface area (Å²) >= 11 is 0. The van der Waals surface area contributed by atoms with Crippen LogP contribution in [0.1, 0.15) is 27.5 Å². The van der Waals surface area contributed by atoms with Crippen molar-refractivity contribution in [1.82, 2.24) is 9.88 Å². The molecular weight excluding hydrogens is 268 g/mol. The van der Waals surface area contributed by atoms with Gasteiger partial charge in [-0.3, -0.25) is 9.78 Å². The Bertz CT molecular complexity index is 685. The van der Waals surface area contributed by atoms with E-state index in [4.69, 9.17) is 0 Å². The largest absolute Gasteiger partial charge is 0.479 e. The number of fused-ring (bicyclic) bond motifs is 1. The van der Waals surface area contributed by atoms with E-state index in [1.807, 2.05) is 12.1 Å². The number of nitrogens with zero attached hydrogens (tertiary/aromatic N) is 2. The third kappa shape index (κ3) is 2.38. The molecule has 3 rings (SSSR count). The summed E-state index contributed by atoms with van der Waals surface area (Å²) in [5.74, 6) is -1.32.